The highest BCUT2D eigenvalue weighted by Gasteiger charge is 2.25. The molecule has 0 spiro atoms. The second-order valence-electron chi connectivity index (χ2n) is 8.13. The number of nitrogens with one attached hydrogen (secondary N) is 3. The van der Waals surface area contributed by atoms with E-state index in [-0.39, 0.29) is 34.2 Å². The van der Waals surface area contributed by atoms with Gasteiger partial charge in [-0.1, -0.05) is 5.16 Å². The Morgan fingerprint density at radius 2 is 1.90 bits per heavy atom. The third kappa shape index (κ3) is 5.78. The number of carbonyl (C=O) groups is 2. The summed E-state index contributed by atoms with van der Waals surface area (Å²) in [5, 5.41) is 13.5. The Morgan fingerprint density at radius 1 is 1.13 bits per heavy atom. The van der Waals surface area contributed by atoms with Gasteiger partial charge in [-0.25, -0.2) is 8.42 Å². The molecule has 0 saturated heterocycles. The van der Waals surface area contributed by atoms with Crippen molar-refractivity contribution < 1.29 is 32.0 Å². The number of ether oxygens (including phenoxy) is 2. The van der Waals surface area contributed by atoms with E-state index in [0.717, 1.165) is 11.1 Å². The van der Waals surface area contributed by atoms with E-state index < -0.39 is 21.8 Å². The van der Waals surface area contributed by atoms with Crippen molar-refractivity contribution in [3.63, 3.8) is 0 Å². The number of anilines is 1. The van der Waals surface area contributed by atoms with E-state index in [1.165, 1.54) is 39.5 Å². The number of terminal acetylenes is 1. The van der Waals surface area contributed by atoms with Crippen LogP contribution in [0.15, 0.2) is 52.1 Å². The van der Waals surface area contributed by atoms with Crippen LogP contribution in [0.2, 0.25) is 0 Å². The zero-order chi connectivity index (χ0) is 28.2. The summed E-state index contributed by atoms with van der Waals surface area (Å²) < 4.78 is 46.7. The first-order valence-electron chi connectivity index (χ1n) is 11.3. The van der Waals surface area contributed by atoms with Crippen molar-refractivity contribution in [1.29, 1.82) is 0 Å². The minimum Gasteiger partial charge on any atom is -0.496 e. The summed E-state index contributed by atoms with van der Waals surface area (Å²) in [6.45, 7) is 0.558. The molecule has 14 heteroatoms. The van der Waals surface area contributed by atoms with Crippen LogP contribution in [0.25, 0.3) is 11.0 Å². The standard InChI is InChI=1S/C25H24N6O7S/c1-5-22(32)27-11-16-12-28-31(14-16)13-15-8-19(37-4)23-20(9-15)38-29-24(23)30-39(34,35)21-7-6-17(25(33)26-2)10-18(21)36-3/h1,6-10,12,14H,11,13H2,2-4H3,(H,26,33)(H,27,32)(H,29,30). The smallest absolute Gasteiger partial charge is 0.295 e. The SMILES string of the molecule is C#CC(=O)NCc1cnn(Cc2cc(OC)c3c(NS(=O)(=O)c4ccc(C(=O)NC)cc4OC)noc3c2)c1. The summed E-state index contributed by atoms with van der Waals surface area (Å²) >= 11 is 0. The second kappa shape index (κ2) is 11.2. The third-order valence-corrected chi connectivity index (χ3v) is 6.99. The number of benzene rings is 2. The lowest BCUT2D eigenvalue weighted by atomic mass is 10.1. The maximum Gasteiger partial charge on any atom is 0.295 e. The molecule has 3 N–H and O–H groups in total. The van der Waals surface area contributed by atoms with Gasteiger partial charge in [0.1, 0.15) is 21.8 Å². The molecule has 2 aromatic carbocycles. The average molecular weight is 553 g/mol. The fourth-order valence-corrected chi connectivity index (χ4v) is 4.93. The van der Waals surface area contributed by atoms with Crippen molar-refractivity contribution in [2.45, 2.75) is 18.0 Å². The number of hydrogen-bond donors (Lipinski definition) is 3. The molecule has 2 heterocycles. The van der Waals surface area contributed by atoms with Crippen LogP contribution in [0.1, 0.15) is 21.5 Å². The molecule has 0 bridgehead atoms. The number of sulfonamides is 1. The Balaban J connectivity index is 1.60. The van der Waals surface area contributed by atoms with Gasteiger partial charge >= 0.3 is 0 Å². The van der Waals surface area contributed by atoms with Crippen LogP contribution in [0, 0.1) is 12.3 Å². The van der Waals surface area contributed by atoms with Crippen LogP contribution >= 0.6 is 0 Å². The van der Waals surface area contributed by atoms with Gasteiger partial charge in [0, 0.05) is 30.9 Å². The molecule has 0 fully saturated rings. The number of rotatable bonds is 10. The fourth-order valence-electron chi connectivity index (χ4n) is 3.77. The van der Waals surface area contributed by atoms with Crippen molar-refractivity contribution >= 4 is 38.6 Å². The number of methoxy groups -OCH3 is 2. The number of carbonyl (C=O) groups excluding carboxylic acids is 2. The second-order valence-corrected chi connectivity index (χ2v) is 9.78. The third-order valence-electron chi connectivity index (χ3n) is 5.61. The van der Waals surface area contributed by atoms with E-state index in [9.17, 15) is 18.0 Å². The van der Waals surface area contributed by atoms with Gasteiger partial charge in [-0.05, 0) is 41.8 Å². The number of amides is 2. The average Bonchev–Trinajstić information content (AvgIpc) is 3.56. The van der Waals surface area contributed by atoms with Crippen LogP contribution in [0.5, 0.6) is 11.5 Å². The lowest BCUT2D eigenvalue weighted by molar-refractivity contribution is -0.115. The highest BCUT2D eigenvalue weighted by Crippen LogP contribution is 2.36. The highest BCUT2D eigenvalue weighted by atomic mass is 32.2. The Kier molecular flexibility index (Phi) is 7.73. The predicted octanol–water partition coefficient (Wildman–Crippen LogP) is 1.50. The topological polar surface area (TPSA) is 167 Å². The number of hydrogen-bond acceptors (Lipinski definition) is 9. The minimum atomic E-state index is -4.20. The van der Waals surface area contributed by atoms with Crippen molar-refractivity contribution in [3.8, 4) is 23.8 Å². The molecule has 2 amide bonds. The molecule has 202 valence electrons. The monoisotopic (exact) mass is 552 g/mol. The molecule has 0 saturated carbocycles. The van der Waals surface area contributed by atoms with Gasteiger partial charge in [0.25, 0.3) is 21.8 Å². The number of aromatic nitrogens is 3. The lowest BCUT2D eigenvalue weighted by Crippen LogP contribution is -2.20. The van der Waals surface area contributed by atoms with Crippen LogP contribution in [-0.4, -0.2) is 56.4 Å². The Labute approximate surface area is 223 Å². The van der Waals surface area contributed by atoms with Crippen molar-refractivity contribution in [2.24, 2.45) is 0 Å². The van der Waals surface area contributed by atoms with E-state index in [4.69, 9.17) is 20.4 Å². The summed E-state index contributed by atoms with van der Waals surface area (Å²) in [4.78, 5) is 23.0. The lowest BCUT2D eigenvalue weighted by Gasteiger charge is -2.12. The van der Waals surface area contributed by atoms with E-state index in [1.807, 2.05) is 5.92 Å². The zero-order valence-corrected chi connectivity index (χ0v) is 22.0. The maximum absolute atomic E-state index is 13.2. The molecule has 2 aromatic heterocycles. The van der Waals surface area contributed by atoms with Crippen molar-refractivity contribution in [3.05, 3.63) is 59.4 Å². The Bertz CT molecular complexity index is 1700. The zero-order valence-electron chi connectivity index (χ0n) is 21.1. The summed E-state index contributed by atoms with van der Waals surface area (Å²) in [7, 11) is -0.00407. The molecule has 4 aromatic rings. The molecule has 0 unspecified atom stereocenters. The van der Waals surface area contributed by atoms with Gasteiger partial charge in [0.15, 0.2) is 11.4 Å². The van der Waals surface area contributed by atoms with E-state index in [2.05, 4.69) is 25.6 Å². The van der Waals surface area contributed by atoms with Gasteiger partial charge < -0.3 is 24.6 Å². The summed E-state index contributed by atoms with van der Waals surface area (Å²) in [5.74, 6) is 1.27. The number of nitrogens with zero attached hydrogens (tertiary/aromatic N) is 3. The molecular formula is C25H24N6O7S. The van der Waals surface area contributed by atoms with E-state index in [1.54, 1.807) is 29.2 Å². The van der Waals surface area contributed by atoms with Gasteiger partial charge in [-0.15, -0.1) is 6.42 Å². The Morgan fingerprint density at radius 3 is 2.59 bits per heavy atom. The van der Waals surface area contributed by atoms with Crippen LogP contribution in [0.4, 0.5) is 5.82 Å². The molecule has 13 nitrogen and oxygen atoms in total. The van der Waals surface area contributed by atoms with Gasteiger partial charge in [0.2, 0.25) is 0 Å². The maximum atomic E-state index is 13.2. The summed E-state index contributed by atoms with van der Waals surface area (Å²) in [5.41, 5.74) is 1.99. The molecule has 0 aliphatic rings. The minimum absolute atomic E-state index is 0.0249. The molecule has 0 aliphatic carbocycles. The van der Waals surface area contributed by atoms with Crippen LogP contribution in [-0.2, 0) is 27.9 Å². The van der Waals surface area contributed by atoms with Gasteiger partial charge in [-0.2, -0.15) is 5.10 Å². The van der Waals surface area contributed by atoms with Crippen molar-refractivity contribution in [2.75, 3.05) is 26.0 Å². The normalized spacial score (nSPS) is 11.0. The van der Waals surface area contributed by atoms with Gasteiger partial charge in [0.05, 0.1) is 27.0 Å². The fraction of sp³-hybridized carbons (Fsp3) is 0.200. The van der Waals surface area contributed by atoms with Crippen molar-refractivity contribution in [1.82, 2.24) is 25.6 Å². The van der Waals surface area contributed by atoms with Gasteiger partial charge in [-0.3, -0.25) is 19.0 Å². The molecule has 0 atom stereocenters. The molecule has 4 rings (SSSR count). The summed E-state index contributed by atoms with van der Waals surface area (Å²) in [6.07, 6.45) is 8.40. The van der Waals surface area contributed by atoms with Crippen LogP contribution in [0.3, 0.4) is 0 Å². The molecule has 0 radical (unpaired) electrons. The molecule has 0 aliphatic heterocycles. The molecular weight excluding hydrogens is 528 g/mol. The largest absolute Gasteiger partial charge is 0.496 e. The quantitative estimate of drug-likeness (QED) is 0.247. The predicted molar refractivity (Wildman–Crippen MR) is 140 cm³/mol. The molecule has 39 heavy (non-hydrogen) atoms. The summed E-state index contributed by atoms with van der Waals surface area (Å²) in [6, 6.07) is 7.35. The number of fused-ring (bicyclic) bond motifs is 1. The first-order valence-corrected chi connectivity index (χ1v) is 12.8. The van der Waals surface area contributed by atoms with E-state index in [0.29, 0.717) is 17.7 Å². The highest BCUT2D eigenvalue weighted by molar-refractivity contribution is 7.92. The first kappa shape index (κ1) is 27.0. The van der Waals surface area contributed by atoms with Crippen LogP contribution < -0.4 is 24.8 Å². The van der Waals surface area contributed by atoms with E-state index >= 15 is 0 Å². The Hall–Kier alpha value is -5.03. The first-order chi connectivity index (χ1) is 18.7.